The summed E-state index contributed by atoms with van der Waals surface area (Å²) >= 11 is 0. The van der Waals surface area contributed by atoms with Gasteiger partial charge in [-0.1, -0.05) is 0 Å². The maximum absolute atomic E-state index is 13.0. The molecule has 1 aromatic heterocycles. The van der Waals surface area contributed by atoms with Gasteiger partial charge in [0.25, 0.3) is 0 Å². The normalized spacial score (nSPS) is 20.3. The number of ether oxygens (including phenoxy) is 2. The van der Waals surface area contributed by atoms with Crippen molar-refractivity contribution in [1.29, 1.82) is 0 Å². The zero-order valence-electron chi connectivity index (χ0n) is 11.2. The third-order valence-electron chi connectivity index (χ3n) is 3.18. The maximum Gasteiger partial charge on any atom is 0.428 e. The average molecular weight is 305 g/mol. The number of alkyl halides is 3. The van der Waals surface area contributed by atoms with Crippen LogP contribution in [-0.2, 0) is 16.5 Å². The first-order chi connectivity index (χ1) is 9.79. The van der Waals surface area contributed by atoms with Crippen molar-refractivity contribution in [3.63, 3.8) is 0 Å². The first-order valence-electron chi connectivity index (χ1n) is 6.35. The number of pyridine rings is 1. The molecule has 0 bridgehead atoms. The summed E-state index contributed by atoms with van der Waals surface area (Å²) < 4.78 is 49.6. The van der Waals surface area contributed by atoms with Crippen molar-refractivity contribution in [1.82, 2.24) is 4.57 Å². The van der Waals surface area contributed by atoms with E-state index in [9.17, 15) is 22.8 Å². The van der Waals surface area contributed by atoms with Gasteiger partial charge in [-0.3, -0.25) is 4.79 Å². The van der Waals surface area contributed by atoms with Gasteiger partial charge in [0.2, 0.25) is 11.7 Å². The minimum atomic E-state index is -4.70. The lowest BCUT2D eigenvalue weighted by Gasteiger charge is -2.25. The Morgan fingerprint density at radius 1 is 1.48 bits per heavy atom. The molecule has 1 fully saturated rings. The molecule has 1 aliphatic heterocycles. The predicted molar refractivity (Wildman–Crippen MR) is 65.9 cm³/mol. The molecule has 0 amide bonds. The summed E-state index contributed by atoms with van der Waals surface area (Å²) in [6.07, 6.45) is -6.37. The Hall–Kier alpha value is -1.83. The van der Waals surface area contributed by atoms with E-state index in [0.29, 0.717) is 6.42 Å². The van der Waals surface area contributed by atoms with Crippen molar-refractivity contribution < 1.29 is 27.4 Å². The third-order valence-corrected chi connectivity index (χ3v) is 3.18. The van der Waals surface area contributed by atoms with Crippen LogP contribution in [0.15, 0.2) is 23.1 Å². The maximum atomic E-state index is 13.0. The standard InChI is InChI=1S/C13H14F3NO4/c1-17-7-8(4-5-10(17)18)12(19)21-11(13(14,15)16)9-3-2-6-20-9/h4-5,7,9,11H,2-3,6H2,1H3/t9-,11+/m0/s1. The fourth-order valence-corrected chi connectivity index (χ4v) is 2.09. The first-order valence-corrected chi connectivity index (χ1v) is 6.35. The highest BCUT2D eigenvalue weighted by Gasteiger charge is 2.49. The first kappa shape index (κ1) is 15.6. The smallest absolute Gasteiger partial charge is 0.428 e. The molecule has 0 radical (unpaired) electrons. The lowest BCUT2D eigenvalue weighted by molar-refractivity contribution is -0.230. The van der Waals surface area contributed by atoms with Gasteiger partial charge in [0.05, 0.1) is 5.56 Å². The number of nitrogens with zero attached hydrogens (tertiary/aromatic N) is 1. The van der Waals surface area contributed by atoms with E-state index in [4.69, 9.17) is 4.74 Å². The van der Waals surface area contributed by atoms with E-state index in [-0.39, 0.29) is 24.2 Å². The van der Waals surface area contributed by atoms with Crippen LogP contribution in [0.1, 0.15) is 23.2 Å². The van der Waals surface area contributed by atoms with Crippen LogP contribution in [0, 0.1) is 0 Å². The van der Waals surface area contributed by atoms with Crippen molar-refractivity contribution in [3.05, 3.63) is 34.2 Å². The van der Waals surface area contributed by atoms with Gasteiger partial charge in [-0.2, -0.15) is 13.2 Å². The van der Waals surface area contributed by atoms with Gasteiger partial charge in [0.1, 0.15) is 6.10 Å². The molecule has 1 aromatic rings. The lowest BCUT2D eigenvalue weighted by atomic mass is 10.1. The molecule has 1 saturated heterocycles. The van der Waals surface area contributed by atoms with Gasteiger partial charge in [0.15, 0.2) is 0 Å². The summed E-state index contributed by atoms with van der Waals surface area (Å²) in [5, 5.41) is 0. The third kappa shape index (κ3) is 3.63. The fourth-order valence-electron chi connectivity index (χ4n) is 2.09. The largest absolute Gasteiger partial charge is 0.446 e. The van der Waals surface area contributed by atoms with Crippen LogP contribution in [0.3, 0.4) is 0 Å². The van der Waals surface area contributed by atoms with E-state index in [1.807, 2.05) is 0 Å². The van der Waals surface area contributed by atoms with Gasteiger partial charge in [-0.05, 0) is 18.9 Å². The number of aromatic nitrogens is 1. The molecule has 5 nitrogen and oxygen atoms in total. The number of carbonyl (C=O) groups is 1. The molecule has 0 aromatic carbocycles. The number of esters is 1. The molecule has 21 heavy (non-hydrogen) atoms. The molecule has 0 unspecified atom stereocenters. The minimum Gasteiger partial charge on any atom is -0.446 e. The highest BCUT2D eigenvalue weighted by Crippen LogP contribution is 2.31. The second-order valence-corrected chi connectivity index (χ2v) is 4.79. The summed E-state index contributed by atoms with van der Waals surface area (Å²) in [7, 11) is 1.39. The molecule has 0 saturated carbocycles. The van der Waals surface area contributed by atoms with E-state index in [1.165, 1.54) is 7.05 Å². The monoisotopic (exact) mass is 305 g/mol. The second-order valence-electron chi connectivity index (χ2n) is 4.79. The summed E-state index contributed by atoms with van der Waals surface area (Å²) in [6, 6.07) is 2.22. The summed E-state index contributed by atoms with van der Waals surface area (Å²) in [5.74, 6) is -1.14. The van der Waals surface area contributed by atoms with Crippen molar-refractivity contribution >= 4 is 5.97 Å². The number of rotatable bonds is 3. The number of hydrogen-bond acceptors (Lipinski definition) is 4. The van der Waals surface area contributed by atoms with Crippen LogP contribution < -0.4 is 5.56 Å². The Labute approximate surface area is 118 Å². The van der Waals surface area contributed by atoms with E-state index in [2.05, 4.69) is 4.74 Å². The van der Waals surface area contributed by atoms with Crippen LogP contribution in [-0.4, -0.2) is 35.5 Å². The Morgan fingerprint density at radius 3 is 2.71 bits per heavy atom. The van der Waals surface area contributed by atoms with Crippen LogP contribution in [0.5, 0.6) is 0 Å². The SMILES string of the molecule is Cn1cc(C(=O)O[C@H]([C@@H]2CCCO2)C(F)(F)F)ccc1=O. The summed E-state index contributed by atoms with van der Waals surface area (Å²) in [4.78, 5) is 23.0. The molecule has 8 heteroatoms. The zero-order valence-corrected chi connectivity index (χ0v) is 11.2. The van der Waals surface area contributed by atoms with Crippen molar-refractivity contribution in [2.45, 2.75) is 31.2 Å². The van der Waals surface area contributed by atoms with Gasteiger partial charge in [-0.25, -0.2) is 4.79 Å². The van der Waals surface area contributed by atoms with Crippen molar-refractivity contribution in [2.75, 3.05) is 6.61 Å². The highest BCUT2D eigenvalue weighted by molar-refractivity contribution is 5.89. The van der Waals surface area contributed by atoms with E-state index >= 15 is 0 Å². The van der Waals surface area contributed by atoms with Gasteiger partial charge in [-0.15, -0.1) is 0 Å². The Morgan fingerprint density at radius 2 is 2.19 bits per heavy atom. The Balaban J connectivity index is 2.17. The van der Waals surface area contributed by atoms with Crippen LogP contribution in [0.4, 0.5) is 13.2 Å². The predicted octanol–water partition coefficient (Wildman–Crippen LogP) is 1.65. The van der Waals surface area contributed by atoms with E-state index in [0.717, 1.165) is 22.9 Å². The fraction of sp³-hybridized carbons (Fsp3) is 0.538. The van der Waals surface area contributed by atoms with E-state index in [1.54, 1.807) is 0 Å². The van der Waals surface area contributed by atoms with Gasteiger partial charge < -0.3 is 14.0 Å². The van der Waals surface area contributed by atoms with E-state index < -0.39 is 24.4 Å². The van der Waals surface area contributed by atoms with Gasteiger partial charge in [0, 0.05) is 25.9 Å². The minimum absolute atomic E-state index is 0.121. The quantitative estimate of drug-likeness (QED) is 0.797. The lowest BCUT2D eigenvalue weighted by Crippen LogP contribution is -2.43. The Kier molecular flexibility index (Phi) is 4.36. The van der Waals surface area contributed by atoms with Crippen LogP contribution in [0.2, 0.25) is 0 Å². The molecular formula is C13H14F3NO4. The number of halogens is 3. The van der Waals surface area contributed by atoms with Crippen LogP contribution >= 0.6 is 0 Å². The van der Waals surface area contributed by atoms with Crippen molar-refractivity contribution in [3.8, 4) is 0 Å². The average Bonchev–Trinajstić information content (AvgIpc) is 2.91. The molecular weight excluding hydrogens is 291 g/mol. The summed E-state index contributed by atoms with van der Waals surface area (Å²) in [5.41, 5.74) is -0.498. The van der Waals surface area contributed by atoms with Crippen molar-refractivity contribution in [2.24, 2.45) is 7.05 Å². The molecule has 2 atom stereocenters. The molecule has 1 aliphatic rings. The molecule has 0 aliphatic carbocycles. The zero-order chi connectivity index (χ0) is 15.6. The second kappa shape index (κ2) is 5.88. The number of hydrogen-bond donors (Lipinski definition) is 0. The number of carbonyl (C=O) groups excluding carboxylic acids is 1. The summed E-state index contributed by atoms with van der Waals surface area (Å²) in [6.45, 7) is 0.217. The topological polar surface area (TPSA) is 57.5 Å². The molecule has 0 N–H and O–H groups in total. The molecule has 116 valence electrons. The molecule has 0 spiro atoms. The Bertz CT molecular complexity index is 576. The van der Waals surface area contributed by atoms with Gasteiger partial charge >= 0.3 is 12.1 Å². The number of aryl methyl sites for hydroxylation is 1. The molecule has 2 heterocycles. The highest BCUT2D eigenvalue weighted by atomic mass is 19.4. The van der Waals surface area contributed by atoms with Crippen LogP contribution in [0.25, 0.3) is 0 Å². The molecule has 2 rings (SSSR count).